The van der Waals surface area contributed by atoms with Crippen molar-refractivity contribution in [3.63, 3.8) is 0 Å². The van der Waals surface area contributed by atoms with Crippen LogP contribution in [0, 0.1) is 12.8 Å². The predicted molar refractivity (Wildman–Crippen MR) is 184 cm³/mol. The van der Waals surface area contributed by atoms with Crippen molar-refractivity contribution in [1.29, 1.82) is 0 Å². The summed E-state index contributed by atoms with van der Waals surface area (Å²) in [4.78, 5) is 54.6. The number of allylic oxidation sites excluding steroid dienone is 1. The number of ether oxygens (including phenoxy) is 3. The van der Waals surface area contributed by atoms with Gasteiger partial charge in [0.15, 0.2) is 23.0 Å². The second-order valence-corrected chi connectivity index (χ2v) is 13.9. The normalized spacial score (nSPS) is 20.9. The average Bonchev–Trinajstić information content (AvgIpc) is 3.84. The fourth-order valence-corrected chi connectivity index (χ4v) is 9.31. The number of rotatable bonds is 4. The lowest BCUT2D eigenvalue weighted by Crippen LogP contribution is -2.34. The summed E-state index contributed by atoms with van der Waals surface area (Å²) >= 11 is 0. The average molecular weight is 692 g/mol. The van der Waals surface area contributed by atoms with E-state index < -0.39 is 11.9 Å². The molecule has 3 aromatic heterocycles. The number of carbonyl (C=O) groups excluding carboxylic acids is 3. The molecule has 0 unspecified atom stereocenters. The van der Waals surface area contributed by atoms with Gasteiger partial charge in [-0.25, -0.2) is 4.79 Å². The zero-order chi connectivity index (χ0) is 35.2. The van der Waals surface area contributed by atoms with Gasteiger partial charge in [-0.2, -0.15) is 0 Å². The van der Waals surface area contributed by atoms with Crippen molar-refractivity contribution >= 4 is 51.0 Å². The van der Waals surface area contributed by atoms with E-state index in [2.05, 4.69) is 15.0 Å². The van der Waals surface area contributed by atoms with E-state index in [4.69, 9.17) is 19.9 Å². The van der Waals surface area contributed by atoms with Gasteiger partial charge in [-0.1, -0.05) is 0 Å². The Morgan fingerprint density at radius 2 is 1.47 bits per heavy atom. The number of hydrogen-bond donors (Lipinski definition) is 6. The van der Waals surface area contributed by atoms with Crippen LogP contribution in [0.5, 0.6) is 28.9 Å². The first kappa shape index (κ1) is 29.6. The van der Waals surface area contributed by atoms with Crippen molar-refractivity contribution in [2.45, 2.75) is 31.6 Å². The van der Waals surface area contributed by atoms with Gasteiger partial charge < -0.3 is 54.9 Å². The molecule has 2 aromatic carbocycles. The number of urea groups is 1. The summed E-state index contributed by atoms with van der Waals surface area (Å²) in [7, 11) is 2.81. The molecule has 7 heterocycles. The number of nitrogens with zero attached hydrogens (tertiary/aromatic N) is 3. The van der Waals surface area contributed by atoms with Crippen molar-refractivity contribution in [3.8, 4) is 28.9 Å². The number of carbonyl (C=O) groups is 3. The number of fused-ring (bicyclic) bond motifs is 7. The minimum atomic E-state index is -0.706. The molecule has 1 saturated heterocycles. The molecule has 0 radical (unpaired) electrons. The molecule has 51 heavy (non-hydrogen) atoms. The number of likely N-dealkylation sites (tertiary alicyclic amines) is 1. The van der Waals surface area contributed by atoms with Crippen LogP contribution in [0.15, 0.2) is 30.3 Å². The number of aromatic amines is 3. The maximum atomic E-state index is 14.2. The molecule has 5 aliphatic rings. The van der Waals surface area contributed by atoms with Crippen LogP contribution in [-0.4, -0.2) is 81.8 Å². The van der Waals surface area contributed by atoms with Gasteiger partial charge >= 0.3 is 6.03 Å². The van der Waals surface area contributed by atoms with Crippen LogP contribution >= 0.6 is 0 Å². The fraction of sp³-hybridized carbons (Fsp3) is 0.306. The van der Waals surface area contributed by atoms with Crippen molar-refractivity contribution in [2.24, 2.45) is 11.7 Å². The van der Waals surface area contributed by atoms with Crippen LogP contribution in [0.2, 0.25) is 0 Å². The number of nitrogens with two attached hydrogens (primary N) is 1. The van der Waals surface area contributed by atoms with Crippen molar-refractivity contribution in [3.05, 3.63) is 63.9 Å². The van der Waals surface area contributed by atoms with E-state index in [1.165, 1.54) is 24.0 Å². The summed E-state index contributed by atoms with van der Waals surface area (Å²) < 4.78 is 17.1. The van der Waals surface area contributed by atoms with Gasteiger partial charge in [0.2, 0.25) is 5.88 Å². The topological polar surface area (TPSA) is 202 Å². The molecule has 5 aromatic rings. The number of aryl methyl sites for hydroxylation is 1. The molecule has 1 aliphatic carbocycles. The maximum absolute atomic E-state index is 14.2. The third kappa shape index (κ3) is 3.54. The zero-order valence-corrected chi connectivity index (χ0v) is 27.9. The van der Waals surface area contributed by atoms with Gasteiger partial charge in [0.05, 0.1) is 42.3 Å². The Labute approximate surface area is 289 Å². The van der Waals surface area contributed by atoms with Crippen LogP contribution in [0.3, 0.4) is 0 Å². The summed E-state index contributed by atoms with van der Waals surface area (Å²) in [6, 6.07) is 2.73. The molecule has 2 fully saturated rings. The minimum absolute atomic E-state index is 0.0777. The molecule has 15 nitrogen and oxygen atoms in total. The largest absolute Gasteiger partial charge is 0.503 e. The molecule has 1 saturated carbocycles. The summed E-state index contributed by atoms with van der Waals surface area (Å²) in [6.45, 7) is 3.14. The van der Waals surface area contributed by atoms with Gasteiger partial charge in [-0.15, -0.1) is 0 Å². The lowest BCUT2D eigenvalue weighted by atomic mass is 9.90. The quantitative estimate of drug-likeness (QED) is 0.162. The zero-order valence-electron chi connectivity index (χ0n) is 27.9. The smallest absolute Gasteiger partial charge is 0.319 e. The van der Waals surface area contributed by atoms with Crippen molar-refractivity contribution in [2.75, 3.05) is 43.7 Å². The molecule has 15 heteroatoms. The SMILES string of the molecule is COc1c(O)c2c(c3cc(C(=O)N4CCc5c4c(O)c(OC)c4[nH]c(C(=O)N6C[C@@H]7C[C@@]78C6=COc6[nH]cc(C)c68)cc54)[nH]c13)CCN2C(N)=O. The number of piperidine rings is 1. The summed E-state index contributed by atoms with van der Waals surface area (Å²) in [5, 5.41) is 24.0. The van der Waals surface area contributed by atoms with Gasteiger partial charge in [0.1, 0.15) is 17.6 Å². The van der Waals surface area contributed by atoms with Crippen molar-refractivity contribution in [1.82, 2.24) is 19.9 Å². The molecule has 260 valence electrons. The van der Waals surface area contributed by atoms with E-state index in [0.29, 0.717) is 69.6 Å². The first-order valence-corrected chi connectivity index (χ1v) is 16.7. The monoisotopic (exact) mass is 691 g/mol. The summed E-state index contributed by atoms with van der Waals surface area (Å²) in [5.74, 6) is 0.102. The molecular weight excluding hydrogens is 658 g/mol. The lowest BCUT2D eigenvalue weighted by molar-refractivity contribution is 0.0802. The van der Waals surface area contributed by atoms with Gasteiger partial charge in [-0.3, -0.25) is 14.5 Å². The highest BCUT2D eigenvalue weighted by molar-refractivity contribution is 6.15. The number of H-pyrrole nitrogens is 3. The number of benzene rings is 2. The minimum Gasteiger partial charge on any atom is -0.503 e. The first-order valence-electron chi connectivity index (χ1n) is 16.7. The highest BCUT2D eigenvalue weighted by Gasteiger charge is 2.68. The number of aromatic nitrogens is 3. The Morgan fingerprint density at radius 1 is 0.902 bits per heavy atom. The predicted octanol–water partition coefficient (Wildman–Crippen LogP) is 4.01. The van der Waals surface area contributed by atoms with E-state index in [9.17, 15) is 24.6 Å². The van der Waals surface area contributed by atoms with Gasteiger partial charge in [0.25, 0.3) is 11.8 Å². The van der Waals surface area contributed by atoms with Crippen LogP contribution in [0.1, 0.15) is 49.7 Å². The molecule has 10 rings (SSSR count). The molecule has 4 amide bonds. The molecule has 4 aliphatic heterocycles. The third-order valence-corrected chi connectivity index (χ3v) is 11.6. The number of primary amides is 1. The number of anilines is 2. The Kier molecular flexibility index (Phi) is 5.64. The number of phenolic OH excluding ortho intramolecular Hbond substituents is 2. The highest BCUT2D eigenvalue weighted by Crippen LogP contribution is 2.68. The fourth-order valence-electron chi connectivity index (χ4n) is 9.31. The number of methoxy groups -OCH3 is 2. The van der Waals surface area contributed by atoms with E-state index in [1.54, 1.807) is 23.3 Å². The Morgan fingerprint density at radius 3 is 2.06 bits per heavy atom. The molecule has 1 spiro atoms. The molecule has 0 bridgehead atoms. The van der Waals surface area contributed by atoms with Crippen LogP contribution in [0.4, 0.5) is 16.2 Å². The van der Waals surface area contributed by atoms with Gasteiger partial charge in [0, 0.05) is 47.6 Å². The number of amides is 4. The van der Waals surface area contributed by atoms with Crippen LogP contribution in [0.25, 0.3) is 21.8 Å². The van der Waals surface area contributed by atoms with Crippen molar-refractivity contribution < 1.29 is 38.8 Å². The maximum Gasteiger partial charge on any atom is 0.319 e. The molecule has 2 atom stereocenters. The number of nitrogens with one attached hydrogen (secondary N) is 3. The summed E-state index contributed by atoms with van der Waals surface area (Å²) in [6.07, 6.45) is 5.42. The highest BCUT2D eigenvalue weighted by atomic mass is 16.5. The van der Waals surface area contributed by atoms with Crippen LogP contribution in [-0.2, 0) is 18.3 Å². The Bertz CT molecular complexity index is 2490. The van der Waals surface area contributed by atoms with E-state index in [0.717, 1.165) is 29.1 Å². The first-order chi connectivity index (χ1) is 24.6. The molecular formula is C36H33N7O8. The summed E-state index contributed by atoms with van der Waals surface area (Å²) in [5.41, 5.74) is 11.7. The third-order valence-electron chi connectivity index (χ3n) is 11.6. The van der Waals surface area contributed by atoms with E-state index in [1.807, 2.05) is 13.1 Å². The molecule has 7 N–H and O–H groups in total. The second kappa shape index (κ2) is 9.71. The number of hydrogen-bond acceptors (Lipinski definition) is 8. The Balaban J connectivity index is 1.03. The van der Waals surface area contributed by atoms with E-state index in [-0.39, 0.29) is 58.8 Å². The Hall–Kier alpha value is -6.25. The second-order valence-electron chi connectivity index (χ2n) is 13.9. The lowest BCUT2D eigenvalue weighted by Gasteiger charge is -2.28. The van der Waals surface area contributed by atoms with E-state index >= 15 is 0 Å². The number of phenols is 2. The van der Waals surface area contributed by atoms with Crippen LogP contribution < -0.4 is 29.7 Å². The standard InChI is InChI=1S/C36H33N7O8/c1-14-11-38-32-23(14)36-10-15(36)12-43(22(36)13-51-32)34(47)21-9-18-16-4-6-41(26(16)28(44)30(49-2)24(18)40-21)33(46)20-8-19-17-5-7-42(35(37)48)27(17)29(45)31(50-3)25(19)39-20/h8-9,11,13,15,38-40,44-45H,4-7,10,12H2,1-3H3,(H2,37,48)/t15-,36-/m0/s1. The van der Waals surface area contributed by atoms with Gasteiger partial charge in [-0.05, 0) is 60.9 Å². The number of aromatic hydroxyl groups is 2.